The largest absolute Gasteiger partial charge is 0.316 e. The second-order valence-corrected chi connectivity index (χ2v) is 8.05. The summed E-state index contributed by atoms with van der Waals surface area (Å²) >= 11 is 4.61. The SMILES string of the molecule is CNCc1csc(S(=O)(=O)Nc2ccc(C)c(Br)c2)c1. The van der Waals surface area contributed by atoms with Crippen molar-refractivity contribution in [3.8, 4) is 0 Å². The van der Waals surface area contributed by atoms with Gasteiger partial charge in [-0.3, -0.25) is 4.72 Å². The lowest BCUT2D eigenvalue weighted by atomic mass is 10.2. The van der Waals surface area contributed by atoms with Gasteiger partial charge in [-0.1, -0.05) is 22.0 Å². The van der Waals surface area contributed by atoms with E-state index in [1.165, 1.54) is 11.3 Å². The Balaban J connectivity index is 2.23. The Labute approximate surface area is 131 Å². The summed E-state index contributed by atoms with van der Waals surface area (Å²) in [6.07, 6.45) is 0. The number of nitrogens with one attached hydrogen (secondary N) is 2. The first-order chi connectivity index (χ1) is 9.42. The molecule has 0 saturated heterocycles. The zero-order chi connectivity index (χ0) is 14.8. The molecule has 2 rings (SSSR count). The van der Waals surface area contributed by atoms with Gasteiger partial charge in [-0.15, -0.1) is 11.3 Å². The Morgan fingerprint density at radius 1 is 1.30 bits per heavy atom. The first-order valence-corrected chi connectivity index (χ1v) is 9.09. The van der Waals surface area contributed by atoms with E-state index in [9.17, 15) is 8.42 Å². The van der Waals surface area contributed by atoms with E-state index in [1.54, 1.807) is 18.2 Å². The van der Waals surface area contributed by atoms with E-state index in [0.29, 0.717) is 16.4 Å². The van der Waals surface area contributed by atoms with E-state index < -0.39 is 10.0 Å². The van der Waals surface area contributed by atoms with Crippen molar-refractivity contribution in [2.45, 2.75) is 17.7 Å². The molecule has 2 N–H and O–H groups in total. The molecule has 1 aromatic heterocycles. The van der Waals surface area contributed by atoms with Crippen molar-refractivity contribution in [2.24, 2.45) is 0 Å². The Morgan fingerprint density at radius 2 is 2.05 bits per heavy atom. The smallest absolute Gasteiger partial charge is 0.271 e. The summed E-state index contributed by atoms with van der Waals surface area (Å²) in [5.41, 5.74) is 2.56. The van der Waals surface area contributed by atoms with Gasteiger partial charge in [-0.25, -0.2) is 8.42 Å². The van der Waals surface area contributed by atoms with E-state index in [4.69, 9.17) is 0 Å². The van der Waals surface area contributed by atoms with Crippen LogP contribution >= 0.6 is 27.3 Å². The summed E-state index contributed by atoms with van der Waals surface area (Å²) in [5, 5.41) is 4.84. The minimum atomic E-state index is -3.52. The van der Waals surface area contributed by atoms with Crippen LogP contribution in [-0.4, -0.2) is 15.5 Å². The highest BCUT2D eigenvalue weighted by atomic mass is 79.9. The van der Waals surface area contributed by atoms with Crippen LogP contribution in [0.4, 0.5) is 5.69 Å². The summed E-state index contributed by atoms with van der Waals surface area (Å²) in [6.45, 7) is 2.60. The van der Waals surface area contributed by atoms with E-state index >= 15 is 0 Å². The number of hydrogen-bond acceptors (Lipinski definition) is 4. The number of anilines is 1. The molecule has 1 aromatic carbocycles. The molecular weight excluding hydrogens is 360 g/mol. The molecule has 0 saturated carbocycles. The summed E-state index contributed by atoms with van der Waals surface area (Å²) in [7, 11) is -1.69. The molecule has 4 nitrogen and oxygen atoms in total. The highest BCUT2D eigenvalue weighted by Gasteiger charge is 2.17. The van der Waals surface area contributed by atoms with Gasteiger partial charge in [0.25, 0.3) is 10.0 Å². The topological polar surface area (TPSA) is 58.2 Å². The third-order valence-electron chi connectivity index (χ3n) is 2.70. The van der Waals surface area contributed by atoms with Gasteiger partial charge < -0.3 is 5.32 Å². The second-order valence-electron chi connectivity index (χ2n) is 4.37. The third kappa shape index (κ3) is 3.60. The zero-order valence-electron chi connectivity index (χ0n) is 11.1. The summed E-state index contributed by atoms with van der Waals surface area (Å²) in [4.78, 5) is 0. The number of aryl methyl sites for hydroxylation is 1. The standard InChI is InChI=1S/C13H15BrN2O2S2/c1-9-3-4-11(6-12(9)14)16-20(17,18)13-5-10(7-15-2)8-19-13/h3-6,8,15-16H,7H2,1-2H3. The first-order valence-electron chi connectivity index (χ1n) is 5.93. The lowest BCUT2D eigenvalue weighted by Gasteiger charge is -2.07. The molecule has 0 amide bonds. The van der Waals surface area contributed by atoms with Crippen molar-refractivity contribution in [3.63, 3.8) is 0 Å². The molecule has 0 aliphatic heterocycles. The number of halogens is 1. The fourth-order valence-electron chi connectivity index (χ4n) is 1.65. The van der Waals surface area contributed by atoms with Gasteiger partial charge in [-0.05, 0) is 48.7 Å². The van der Waals surface area contributed by atoms with Crippen LogP contribution in [0.15, 0.2) is 38.3 Å². The van der Waals surface area contributed by atoms with E-state index in [2.05, 4.69) is 26.0 Å². The molecular formula is C13H15BrN2O2S2. The fraction of sp³-hybridized carbons (Fsp3) is 0.231. The van der Waals surface area contributed by atoms with Crippen LogP contribution in [-0.2, 0) is 16.6 Å². The Kier molecular flexibility index (Phi) is 4.85. The third-order valence-corrected chi connectivity index (χ3v) is 6.42. The molecule has 0 spiro atoms. The monoisotopic (exact) mass is 374 g/mol. The van der Waals surface area contributed by atoms with Gasteiger partial charge in [-0.2, -0.15) is 0 Å². The van der Waals surface area contributed by atoms with Gasteiger partial charge in [0, 0.05) is 16.7 Å². The van der Waals surface area contributed by atoms with Gasteiger partial charge >= 0.3 is 0 Å². The first kappa shape index (κ1) is 15.5. The predicted octanol–water partition coefficient (Wildman–Crippen LogP) is 3.34. The van der Waals surface area contributed by atoms with Crippen molar-refractivity contribution in [3.05, 3.63) is 45.2 Å². The molecule has 0 atom stereocenters. The molecule has 20 heavy (non-hydrogen) atoms. The van der Waals surface area contributed by atoms with E-state index in [-0.39, 0.29) is 0 Å². The van der Waals surface area contributed by atoms with Crippen molar-refractivity contribution < 1.29 is 8.42 Å². The summed E-state index contributed by atoms with van der Waals surface area (Å²) < 4.78 is 28.3. The molecule has 0 radical (unpaired) electrons. The normalized spacial score (nSPS) is 11.6. The highest BCUT2D eigenvalue weighted by molar-refractivity contribution is 9.10. The van der Waals surface area contributed by atoms with Crippen LogP contribution in [0.3, 0.4) is 0 Å². The van der Waals surface area contributed by atoms with Crippen LogP contribution in [0.5, 0.6) is 0 Å². The van der Waals surface area contributed by atoms with Gasteiger partial charge in [0.05, 0.1) is 0 Å². The maximum Gasteiger partial charge on any atom is 0.271 e. The number of benzene rings is 1. The predicted molar refractivity (Wildman–Crippen MR) is 86.8 cm³/mol. The Bertz CT molecular complexity index is 711. The Morgan fingerprint density at radius 3 is 2.70 bits per heavy atom. The fourth-order valence-corrected chi connectivity index (χ4v) is 4.29. The molecule has 0 bridgehead atoms. The van der Waals surface area contributed by atoms with Gasteiger partial charge in [0.15, 0.2) is 0 Å². The molecule has 0 aliphatic carbocycles. The molecule has 108 valence electrons. The second kappa shape index (κ2) is 6.26. The average Bonchev–Trinajstić information content (AvgIpc) is 2.83. The minimum absolute atomic E-state index is 0.319. The quantitative estimate of drug-likeness (QED) is 0.843. The number of sulfonamides is 1. The summed E-state index contributed by atoms with van der Waals surface area (Å²) in [6, 6.07) is 7.06. The van der Waals surface area contributed by atoms with Crippen molar-refractivity contribution in [2.75, 3.05) is 11.8 Å². The van der Waals surface area contributed by atoms with Crippen molar-refractivity contribution in [1.29, 1.82) is 0 Å². The van der Waals surface area contributed by atoms with Crippen molar-refractivity contribution in [1.82, 2.24) is 5.32 Å². The maximum absolute atomic E-state index is 12.3. The molecule has 1 heterocycles. The van der Waals surface area contributed by atoms with Crippen LogP contribution in [0.25, 0.3) is 0 Å². The lowest BCUT2D eigenvalue weighted by molar-refractivity contribution is 0.603. The lowest BCUT2D eigenvalue weighted by Crippen LogP contribution is -2.11. The molecule has 7 heteroatoms. The van der Waals surface area contributed by atoms with Crippen molar-refractivity contribution >= 4 is 43.0 Å². The molecule has 0 aliphatic rings. The maximum atomic E-state index is 12.3. The average molecular weight is 375 g/mol. The van der Waals surface area contributed by atoms with Gasteiger partial charge in [0.1, 0.15) is 4.21 Å². The Hall–Kier alpha value is -0.890. The molecule has 2 aromatic rings. The van der Waals surface area contributed by atoms with E-state index in [0.717, 1.165) is 15.6 Å². The minimum Gasteiger partial charge on any atom is -0.316 e. The van der Waals surface area contributed by atoms with Crippen LogP contribution in [0.1, 0.15) is 11.1 Å². The molecule has 0 fully saturated rings. The summed E-state index contributed by atoms with van der Waals surface area (Å²) in [5.74, 6) is 0. The zero-order valence-corrected chi connectivity index (χ0v) is 14.3. The number of rotatable bonds is 5. The highest BCUT2D eigenvalue weighted by Crippen LogP contribution is 2.25. The van der Waals surface area contributed by atoms with E-state index in [1.807, 2.05) is 25.4 Å². The van der Waals surface area contributed by atoms with Crippen LogP contribution in [0.2, 0.25) is 0 Å². The van der Waals surface area contributed by atoms with Crippen LogP contribution < -0.4 is 10.0 Å². The van der Waals surface area contributed by atoms with Gasteiger partial charge in [0.2, 0.25) is 0 Å². The number of thiophene rings is 1. The molecule has 0 unspecified atom stereocenters. The number of hydrogen-bond donors (Lipinski definition) is 2. The van der Waals surface area contributed by atoms with Crippen LogP contribution in [0, 0.1) is 6.92 Å².